The van der Waals surface area contributed by atoms with Gasteiger partial charge in [0.05, 0.1) is 0 Å². The molecule has 0 bridgehead atoms. The molecule has 0 aliphatic carbocycles. The Morgan fingerprint density at radius 2 is 1.68 bits per heavy atom. The first-order valence-electron chi connectivity index (χ1n) is 6.37. The van der Waals surface area contributed by atoms with Crippen molar-refractivity contribution in [3.63, 3.8) is 0 Å². The van der Waals surface area contributed by atoms with Crippen LogP contribution in [0.4, 0.5) is 11.4 Å². The lowest BCUT2D eigenvalue weighted by Gasteiger charge is -2.06. The number of carbonyl (C=O) groups excluding carboxylic acids is 2. The molecule has 2 N–H and O–H groups in total. The van der Waals surface area contributed by atoms with E-state index in [1.165, 1.54) is 6.92 Å². The van der Waals surface area contributed by atoms with Crippen molar-refractivity contribution in [2.45, 2.75) is 26.7 Å². The summed E-state index contributed by atoms with van der Waals surface area (Å²) in [5.74, 6) is 2.03. The van der Waals surface area contributed by atoms with Gasteiger partial charge in [0.25, 0.3) is 0 Å². The zero-order chi connectivity index (χ0) is 14.1. The highest BCUT2D eigenvalue weighted by atomic mass is 32.2. The van der Waals surface area contributed by atoms with Crippen LogP contribution >= 0.6 is 11.8 Å². The van der Waals surface area contributed by atoms with Crippen molar-refractivity contribution in [2.24, 2.45) is 0 Å². The van der Waals surface area contributed by atoms with Crippen LogP contribution in [0.2, 0.25) is 0 Å². The summed E-state index contributed by atoms with van der Waals surface area (Å²) in [6.45, 7) is 3.57. The van der Waals surface area contributed by atoms with E-state index in [1.54, 1.807) is 24.3 Å². The normalized spacial score (nSPS) is 10.0. The van der Waals surface area contributed by atoms with Crippen LogP contribution in [0.3, 0.4) is 0 Å². The Balaban J connectivity index is 2.36. The Hall–Kier alpha value is -1.49. The summed E-state index contributed by atoms with van der Waals surface area (Å²) >= 11 is 1.84. The second-order valence-electron chi connectivity index (χ2n) is 4.11. The fourth-order valence-corrected chi connectivity index (χ4v) is 2.18. The molecule has 19 heavy (non-hydrogen) atoms. The molecule has 0 aliphatic heterocycles. The number of anilines is 2. The number of nitrogens with one attached hydrogen (secondary N) is 2. The summed E-state index contributed by atoms with van der Waals surface area (Å²) in [5.41, 5.74) is 1.48. The average Bonchev–Trinajstić information content (AvgIpc) is 2.36. The van der Waals surface area contributed by atoms with Gasteiger partial charge in [-0.05, 0) is 42.2 Å². The van der Waals surface area contributed by atoms with Crippen LogP contribution in [0.15, 0.2) is 24.3 Å². The molecule has 0 saturated carbocycles. The van der Waals surface area contributed by atoms with Crippen molar-refractivity contribution in [3.8, 4) is 0 Å². The molecule has 0 aromatic heterocycles. The van der Waals surface area contributed by atoms with Crippen LogP contribution in [0.25, 0.3) is 0 Å². The molecule has 0 aliphatic rings. The molecule has 0 spiro atoms. The molecule has 4 nitrogen and oxygen atoms in total. The second kappa shape index (κ2) is 8.58. The first-order valence-corrected chi connectivity index (χ1v) is 7.52. The summed E-state index contributed by atoms with van der Waals surface area (Å²) < 4.78 is 0. The molecule has 0 atom stereocenters. The maximum absolute atomic E-state index is 11.6. The Morgan fingerprint density at radius 1 is 1.11 bits per heavy atom. The zero-order valence-electron chi connectivity index (χ0n) is 11.4. The van der Waals surface area contributed by atoms with E-state index in [9.17, 15) is 9.59 Å². The number of rotatable bonds is 7. The zero-order valence-corrected chi connectivity index (χ0v) is 12.2. The fraction of sp³-hybridized carbons (Fsp3) is 0.429. The molecular weight excluding hydrogens is 260 g/mol. The van der Waals surface area contributed by atoms with E-state index in [0.717, 1.165) is 29.3 Å². The number of hydrogen-bond donors (Lipinski definition) is 2. The summed E-state index contributed by atoms with van der Waals surface area (Å²) in [5, 5.41) is 5.52. The molecule has 0 heterocycles. The summed E-state index contributed by atoms with van der Waals surface area (Å²) in [6, 6.07) is 7.10. The van der Waals surface area contributed by atoms with E-state index in [2.05, 4.69) is 17.6 Å². The molecule has 2 amide bonds. The molecular formula is C14H20N2O2S. The van der Waals surface area contributed by atoms with Crippen molar-refractivity contribution in [3.05, 3.63) is 24.3 Å². The van der Waals surface area contributed by atoms with Crippen molar-refractivity contribution >= 4 is 35.0 Å². The van der Waals surface area contributed by atoms with Gasteiger partial charge < -0.3 is 10.6 Å². The van der Waals surface area contributed by atoms with Crippen LogP contribution in [-0.4, -0.2) is 23.3 Å². The molecule has 104 valence electrons. The summed E-state index contributed by atoms with van der Waals surface area (Å²) in [7, 11) is 0. The third kappa shape index (κ3) is 6.86. The van der Waals surface area contributed by atoms with Gasteiger partial charge in [-0.3, -0.25) is 9.59 Å². The minimum atomic E-state index is -0.106. The molecule has 5 heteroatoms. The SMILES string of the molecule is CCSCCCC(=O)Nc1ccc(NC(C)=O)cc1. The lowest BCUT2D eigenvalue weighted by molar-refractivity contribution is -0.116. The molecule has 1 aromatic carbocycles. The molecule has 1 rings (SSSR count). The van der Waals surface area contributed by atoms with Crippen LogP contribution in [0, 0.1) is 0 Å². The van der Waals surface area contributed by atoms with E-state index in [-0.39, 0.29) is 11.8 Å². The van der Waals surface area contributed by atoms with Gasteiger partial charge in [-0.2, -0.15) is 11.8 Å². The predicted molar refractivity (Wildman–Crippen MR) is 81.6 cm³/mol. The average molecular weight is 280 g/mol. The third-order valence-electron chi connectivity index (χ3n) is 2.39. The Kier molecular flexibility index (Phi) is 7.03. The molecule has 0 fully saturated rings. The van der Waals surface area contributed by atoms with E-state index in [4.69, 9.17) is 0 Å². The second-order valence-corrected chi connectivity index (χ2v) is 5.50. The summed E-state index contributed by atoms with van der Waals surface area (Å²) in [4.78, 5) is 22.5. The van der Waals surface area contributed by atoms with Gasteiger partial charge in [0, 0.05) is 24.7 Å². The quantitative estimate of drug-likeness (QED) is 0.754. The van der Waals surface area contributed by atoms with Crippen molar-refractivity contribution in [2.75, 3.05) is 22.1 Å². The van der Waals surface area contributed by atoms with Gasteiger partial charge >= 0.3 is 0 Å². The maximum Gasteiger partial charge on any atom is 0.224 e. The molecule has 0 unspecified atom stereocenters. The standard InChI is InChI=1S/C14H20N2O2S/c1-3-19-10-4-5-14(18)16-13-8-6-12(7-9-13)15-11(2)17/h6-9H,3-5,10H2,1-2H3,(H,15,17)(H,16,18). The minimum absolute atomic E-state index is 0.0315. The van der Waals surface area contributed by atoms with E-state index >= 15 is 0 Å². The molecule has 0 radical (unpaired) electrons. The first kappa shape index (κ1) is 15.6. The highest BCUT2D eigenvalue weighted by molar-refractivity contribution is 7.99. The van der Waals surface area contributed by atoms with Gasteiger partial charge in [0.1, 0.15) is 0 Å². The van der Waals surface area contributed by atoms with Crippen LogP contribution in [0.5, 0.6) is 0 Å². The van der Waals surface area contributed by atoms with Gasteiger partial charge in [-0.1, -0.05) is 6.92 Å². The number of amides is 2. The maximum atomic E-state index is 11.6. The predicted octanol–water partition coefficient (Wildman–Crippen LogP) is 3.12. The van der Waals surface area contributed by atoms with Gasteiger partial charge in [-0.25, -0.2) is 0 Å². The summed E-state index contributed by atoms with van der Waals surface area (Å²) in [6.07, 6.45) is 1.44. The number of benzene rings is 1. The highest BCUT2D eigenvalue weighted by Gasteiger charge is 2.02. The van der Waals surface area contributed by atoms with Crippen LogP contribution in [-0.2, 0) is 9.59 Å². The first-order chi connectivity index (χ1) is 9.11. The number of thioether (sulfide) groups is 1. The number of hydrogen-bond acceptors (Lipinski definition) is 3. The van der Waals surface area contributed by atoms with E-state index < -0.39 is 0 Å². The monoisotopic (exact) mass is 280 g/mol. The lowest BCUT2D eigenvalue weighted by atomic mass is 10.2. The largest absolute Gasteiger partial charge is 0.326 e. The van der Waals surface area contributed by atoms with Crippen molar-refractivity contribution < 1.29 is 9.59 Å². The number of carbonyl (C=O) groups is 2. The van der Waals surface area contributed by atoms with Crippen molar-refractivity contribution in [1.29, 1.82) is 0 Å². The smallest absolute Gasteiger partial charge is 0.224 e. The molecule has 1 aromatic rings. The van der Waals surface area contributed by atoms with E-state index in [1.807, 2.05) is 11.8 Å². The minimum Gasteiger partial charge on any atom is -0.326 e. The fourth-order valence-electron chi connectivity index (χ4n) is 1.54. The van der Waals surface area contributed by atoms with Gasteiger partial charge in [0.2, 0.25) is 11.8 Å². The van der Waals surface area contributed by atoms with Crippen LogP contribution in [0.1, 0.15) is 26.7 Å². The highest BCUT2D eigenvalue weighted by Crippen LogP contribution is 2.14. The lowest BCUT2D eigenvalue weighted by Crippen LogP contribution is -2.11. The van der Waals surface area contributed by atoms with Gasteiger partial charge in [0.15, 0.2) is 0 Å². The Bertz CT molecular complexity index is 418. The van der Waals surface area contributed by atoms with Gasteiger partial charge in [-0.15, -0.1) is 0 Å². The third-order valence-corrected chi connectivity index (χ3v) is 3.37. The van der Waals surface area contributed by atoms with Crippen molar-refractivity contribution in [1.82, 2.24) is 0 Å². The Labute approximate surface area is 118 Å². The van der Waals surface area contributed by atoms with Crippen LogP contribution < -0.4 is 10.6 Å². The Morgan fingerprint density at radius 3 is 2.21 bits per heavy atom. The van der Waals surface area contributed by atoms with E-state index in [0.29, 0.717) is 6.42 Å². The topological polar surface area (TPSA) is 58.2 Å². The molecule has 0 saturated heterocycles.